The second kappa shape index (κ2) is 6.08. The van der Waals surface area contributed by atoms with Gasteiger partial charge in [-0.05, 0) is 31.0 Å². The molecule has 116 valence electrons. The van der Waals surface area contributed by atoms with E-state index in [9.17, 15) is 17.6 Å². The van der Waals surface area contributed by atoms with Crippen molar-refractivity contribution in [3.8, 4) is 0 Å². The number of nitrogens with two attached hydrogens (primary N) is 1. The molecule has 0 amide bonds. The van der Waals surface area contributed by atoms with E-state index < -0.39 is 26.7 Å². The molecule has 1 unspecified atom stereocenters. The Morgan fingerprint density at radius 3 is 2.81 bits per heavy atom. The highest BCUT2D eigenvalue weighted by Gasteiger charge is 2.23. The molecule has 1 aromatic rings. The zero-order valence-corrected chi connectivity index (χ0v) is 12.3. The first-order valence-electron chi connectivity index (χ1n) is 6.37. The summed E-state index contributed by atoms with van der Waals surface area (Å²) in [5.74, 6) is -1.52. The third-order valence-corrected chi connectivity index (χ3v) is 4.36. The largest absolute Gasteiger partial charge is 0.462 e. The number of esters is 1. The van der Waals surface area contributed by atoms with Crippen molar-refractivity contribution < 1.29 is 27.1 Å². The second-order valence-corrected chi connectivity index (χ2v) is 6.48. The van der Waals surface area contributed by atoms with E-state index in [-0.39, 0.29) is 23.7 Å². The standard InChI is InChI=1S/C13H16FNO5S/c1-8-11(4-10(14)5-12(8)21(15,17)18)13(16)20-7-9-2-3-19-6-9/h4-5,9H,2-3,6-7H2,1H3,(H2,15,17,18). The van der Waals surface area contributed by atoms with E-state index in [4.69, 9.17) is 14.6 Å². The van der Waals surface area contributed by atoms with Crippen LogP contribution in [0, 0.1) is 18.7 Å². The van der Waals surface area contributed by atoms with Gasteiger partial charge in [0, 0.05) is 12.5 Å². The lowest BCUT2D eigenvalue weighted by atomic mass is 10.1. The van der Waals surface area contributed by atoms with Crippen LogP contribution in [0.4, 0.5) is 4.39 Å². The summed E-state index contributed by atoms with van der Waals surface area (Å²) in [6.07, 6.45) is 0.790. The van der Waals surface area contributed by atoms with Gasteiger partial charge in [-0.25, -0.2) is 22.7 Å². The van der Waals surface area contributed by atoms with Gasteiger partial charge in [0.25, 0.3) is 0 Å². The summed E-state index contributed by atoms with van der Waals surface area (Å²) in [6.45, 7) is 2.67. The number of sulfonamides is 1. The molecule has 1 aromatic carbocycles. The van der Waals surface area contributed by atoms with Gasteiger partial charge in [-0.3, -0.25) is 0 Å². The summed E-state index contributed by atoms with van der Waals surface area (Å²) in [6, 6.07) is 1.73. The molecule has 8 heteroatoms. The number of halogens is 1. The van der Waals surface area contributed by atoms with Crippen LogP contribution in [0.1, 0.15) is 22.3 Å². The van der Waals surface area contributed by atoms with Gasteiger partial charge < -0.3 is 9.47 Å². The highest BCUT2D eigenvalue weighted by atomic mass is 32.2. The third kappa shape index (κ3) is 3.78. The number of hydrogen-bond donors (Lipinski definition) is 1. The molecule has 6 nitrogen and oxygen atoms in total. The Balaban J connectivity index is 2.22. The predicted octanol–water partition coefficient (Wildman–Crippen LogP) is 0.975. The van der Waals surface area contributed by atoms with Gasteiger partial charge in [-0.2, -0.15) is 0 Å². The lowest BCUT2D eigenvalue weighted by Gasteiger charge is -2.12. The minimum Gasteiger partial charge on any atom is -0.462 e. The maximum Gasteiger partial charge on any atom is 0.338 e. The van der Waals surface area contributed by atoms with Crippen molar-refractivity contribution >= 4 is 16.0 Å². The fraction of sp³-hybridized carbons (Fsp3) is 0.462. The maximum absolute atomic E-state index is 13.5. The van der Waals surface area contributed by atoms with E-state index in [2.05, 4.69) is 0 Å². The van der Waals surface area contributed by atoms with Crippen LogP contribution in [0.25, 0.3) is 0 Å². The molecule has 0 aromatic heterocycles. The van der Waals surface area contributed by atoms with Gasteiger partial charge in [-0.1, -0.05) is 0 Å². The Bertz CT molecular complexity index is 653. The number of hydrogen-bond acceptors (Lipinski definition) is 5. The first-order valence-corrected chi connectivity index (χ1v) is 7.91. The minimum atomic E-state index is -4.11. The van der Waals surface area contributed by atoms with Crippen LogP contribution in [0.3, 0.4) is 0 Å². The number of benzene rings is 1. The molecule has 1 heterocycles. The number of carbonyl (C=O) groups excluding carboxylic acids is 1. The van der Waals surface area contributed by atoms with Crippen LogP contribution < -0.4 is 5.14 Å². The van der Waals surface area contributed by atoms with Gasteiger partial charge in [-0.15, -0.1) is 0 Å². The minimum absolute atomic E-state index is 0.0755. The molecule has 1 aliphatic rings. The first-order chi connectivity index (χ1) is 9.79. The van der Waals surface area contributed by atoms with Crippen LogP contribution in [0.2, 0.25) is 0 Å². The Hall–Kier alpha value is -1.51. The molecule has 2 rings (SSSR count). The molecule has 2 N–H and O–H groups in total. The van der Waals surface area contributed by atoms with E-state index >= 15 is 0 Å². The lowest BCUT2D eigenvalue weighted by molar-refractivity contribution is 0.0426. The van der Waals surface area contributed by atoms with Gasteiger partial charge in [0.2, 0.25) is 10.0 Å². The molecule has 1 saturated heterocycles. The molecule has 0 aliphatic carbocycles. The summed E-state index contributed by atoms with van der Waals surface area (Å²) >= 11 is 0. The van der Waals surface area contributed by atoms with Crippen LogP contribution >= 0.6 is 0 Å². The molecule has 1 aliphatic heterocycles. The quantitative estimate of drug-likeness (QED) is 0.835. The molecular weight excluding hydrogens is 301 g/mol. The van der Waals surface area contributed by atoms with Gasteiger partial charge in [0.05, 0.1) is 23.7 Å². The smallest absolute Gasteiger partial charge is 0.338 e. The molecule has 0 radical (unpaired) electrons. The molecule has 0 saturated carbocycles. The van der Waals surface area contributed by atoms with Crippen molar-refractivity contribution in [3.05, 3.63) is 29.1 Å². The summed E-state index contributed by atoms with van der Waals surface area (Å²) in [5, 5.41) is 5.01. The van der Waals surface area contributed by atoms with Crippen LogP contribution in [0.15, 0.2) is 17.0 Å². The lowest BCUT2D eigenvalue weighted by Crippen LogP contribution is -2.19. The van der Waals surface area contributed by atoms with Crippen molar-refractivity contribution in [2.75, 3.05) is 19.8 Å². The van der Waals surface area contributed by atoms with Crippen molar-refractivity contribution in [2.45, 2.75) is 18.2 Å². The normalized spacial score (nSPS) is 18.7. The summed E-state index contributed by atoms with van der Waals surface area (Å²) in [4.78, 5) is 11.6. The molecule has 21 heavy (non-hydrogen) atoms. The third-order valence-electron chi connectivity index (χ3n) is 3.33. The first kappa shape index (κ1) is 15.9. The van der Waals surface area contributed by atoms with Gasteiger partial charge >= 0.3 is 5.97 Å². The maximum atomic E-state index is 13.5. The van der Waals surface area contributed by atoms with E-state index in [0.29, 0.717) is 13.2 Å². The fourth-order valence-electron chi connectivity index (χ4n) is 2.15. The molecule has 1 atom stereocenters. The van der Waals surface area contributed by atoms with E-state index in [0.717, 1.165) is 18.6 Å². The summed E-state index contributed by atoms with van der Waals surface area (Å²) in [7, 11) is -4.11. The molecule has 1 fully saturated rings. The zero-order valence-electron chi connectivity index (χ0n) is 11.5. The highest BCUT2D eigenvalue weighted by molar-refractivity contribution is 7.89. The van der Waals surface area contributed by atoms with Gasteiger partial charge in [0.15, 0.2) is 0 Å². The topological polar surface area (TPSA) is 95.7 Å². The predicted molar refractivity (Wildman–Crippen MR) is 71.7 cm³/mol. The van der Waals surface area contributed by atoms with E-state index in [1.54, 1.807) is 0 Å². The van der Waals surface area contributed by atoms with Crippen LogP contribution in [-0.2, 0) is 19.5 Å². The van der Waals surface area contributed by atoms with E-state index in [1.165, 1.54) is 6.92 Å². The summed E-state index contributed by atoms with van der Waals surface area (Å²) < 4.78 is 46.5. The Kier molecular flexibility index (Phi) is 4.60. The van der Waals surface area contributed by atoms with E-state index in [1.807, 2.05) is 0 Å². The Morgan fingerprint density at radius 1 is 1.52 bits per heavy atom. The Labute approximate surface area is 122 Å². The average molecular weight is 317 g/mol. The number of carbonyl (C=O) groups is 1. The Morgan fingerprint density at radius 2 is 2.24 bits per heavy atom. The van der Waals surface area contributed by atoms with Crippen molar-refractivity contribution in [2.24, 2.45) is 11.1 Å². The van der Waals surface area contributed by atoms with Crippen molar-refractivity contribution in [1.82, 2.24) is 0 Å². The monoisotopic (exact) mass is 317 g/mol. The number of rotatable bonds is 4. The molecule has 0 spiro atoms. The number of ether oxygens (including phenoxy) is 2. The fourth-order valence-corrected chi connectivity index (χ4v) is 2.96. The SMILES string of the molecule is Cc1c(C(=O)OCC2CCOC2)cc(F)cc1S(N)(=O)=O. The van der Waals surface area contributed by atoms with Gasteiger partial charge in [0.1, 0.15) is 5.82 Å². The second-order valence-electron chi connectivity index (χ2n) is 4.95. The number of primary sulfonamides is 1. The summed E-state index contributed by atoms with van der Waals surface area (Å²) in [5.41, 5.74) is -0.0653. The highest BCUT2D eigenvalue weighted by Crippen LogP contribution is 2.21. The average Bonchev–Trinajstić information content (AvgIpc) is 2.90. The van der Waals surface area contributed by atoms with Crippen LogP contribution in [-0.4, -0.2) is 34.2 Å². The van der Waals surface area contributed by atoms with Crippen molar-refractivity contribution in [1.29, 1.82) is 0 Å². The molecule has 0 bridgehead atoms. The van der Waals surface area contributed by atoms with Crippen molar-refractivity contribution in [3.63, 3.8) is 0 Å². The zero-order chi connectivity index (χ0) is 15.6. The molecular formula is C13H16FNO5S. The van der Waals surface area contributed by atoms with Crippen LogP contribution in [0.5, 0.6) is 0 Å².